The third kappa shape index (κ3) is 4.33. The van der Waals surface area contributed by atoms with E-state index < -0.39 is 5.97 Å². The fourth-order valence-electron chi connectivity index (χ4n) is 3.98. The molecular weight excluding hydrogens is 376 g/mol. The van der Waals surface area contributed by atoms with Crippen molar-refractivity contribution >= 4 is 5.97 Å². The summed E-state index contributed by atoms with van der Waals surface area (Å²) < 4.78 is 12.0. The molecule has 0 amide bonds. The number of carbonyl (C=O) groups is 1. The van der Waals surface area contributed by atoms with Crippen LogP contribution < -0.4 is 9.47 Å². The Morgan fingerprint density at radius 1 is 1.03 bits per heavy atom. The van der Waals surface area contributed by atoms with Crippen molar-refractivity contribution in [1.82, 2.24) is 0 Å². The molecule has 0 fully saturated rings. The standard InChI is InChI=1S/C26H26O4/c1-3-29-23-12-4-18(5-13-23)17-26(2)15-14-20-8-11-22(16-24(20)30-26)19-6-9-21(10-7-19)25(27)28/h4-13,16H,3,14-15,17H2,1-2H3,(H,27,28). The Labute approximate surface area is 177 Å². The van der Waals surface area contributed by atoms with Crippen molar-refractivity contribution in [1.29, 1.82) is 0 Å². The predicted molar refractivity (Wildman–Crippen MR) is 118 cm³/mol. The van der Waals surface area contributed by atoms with Gasteiger partial charge in [0, 0.05) is 6.42 Å². The van der Waals surface area contributed by atoms with Gasteiger partial charge in [-0.25, -0.2) is 4.79 Å². The molecule has 0 radical (unpaired) electrons. The van der Waals surface area contributed by atoms with Crippen LogP contribution in [0.2, 0.25) is 0 Å². The Kier molecular flexibility index (Phi) is 5.49. The van der Waals surface area contributed by atoms with Gasteiger partial charge >= 0.3 is 5.97 Å². The summed E-state index contributed by atoms with van der Waals surface area (Å²) in [5, 5.41) is 9.10. The van der Waals surface area contributed by atoms with E-state index in [2.05, 4.69) is 37.3 Å². The number of carboxylic acid groups (broad SMARTS) is 1. The van der Waals surface area contributed by atoms with Gasteiger partial charge in [0.05, 0.1) is 12.2 Å². The van der Waals surface area contributed by atoms with E-state index in [1.807, 2.05) is 31.2 Å². The predicted octanol–water partition coefficient (Wildman–Crippen LogP) is 5.78. The van der Waals surface area contributed by atoms with E-state index in [0.29, 0.717) is 6.61 Å². The highest BCUT2D eigenvalue weighted by molar-refractivity contribution is 5.88. The quantitative estimate of drug-likeness (QED) is 0.568. The average molecular weight is 402 g/mol. The maximum Gasteiger partial charge on any atom is 0.335 e. The second-order valence-corrected chi connectivity index (χ2v) is 8.01. The lowest BCUT2D eigenvalue weighted by atomic mass is 9.86. The van der Waals surface area contributed by atoms with Crippen molar-refractivity contribution in [2.75, 3.05) is 6.61 Å². The lowest BCUT2D eigenvalue weighted by Gasteiger charge is -2.36. The monoisotopic (exact) mass is 402 g/mol. The number of fused-ring (bicyclic) bond motifs is 1. The third-order valence-corrected chi connectivity index (χ3v) is 5.62. The minimum absolute atomic E-state index is 0.272. The van der Waals surface area contributed by atoms with Crippen molar-refractivity contribution in [2.45, 2.75) is 38.7 Å². The molecule has 154 valence electrons. The van der Waals surface area contributed by atoms with Crippen LogP contribution in [0.5, 0.6) is 11.5 Å². The zero-order chi connectivity index (χ0) is 21.1. The molecule has 3 aromatic rings. The Morgan fingerprint density at radius 2 is 1.73 bits per heavy atom. The van der Waals surface area contributed by atoms with Crippen LogP contribution in [0.3, 0.4) is 0 Å². The molecule has 0 saturated carbocycles. The van der Waals surface area contributed by atoms with E-state index in [1.165, 1.54) is 11.1 Å². The first-order chi connectivity index (χ1) is 14.5. The highest BCUT2D eigenvalue weighted by Gasteiger charge is 2.32. The second kappa shape index (κ2) is 8.23. The molecule has 1 aliphatic heterocycles. The fraction of sp³-hybridized carbons (Fsp3) is 0.269. The van der Waals surface area contributed by atoms with Gasteiger partial charge in [-0.1, -0.05) is 36.4 Å². The van der Waals surface area contributed by atoms with Crippen molar-refractivity contribution in [3.8, 4) is 22.6 Å². The highest BCUT2D eigenvalue weighted by atomic mass is 16.5. The molecule has 0 bridgehead atoms. The number of carboxylic acids is 1. The van der Waals surface area contributed by atoms with E-state index in [9.17, 15) is 4.79 Å². The summed E-state index contributed by atoms with van der Waals surface area (Å²) in [5.74, 6) is 0.884. The third-order valence-electron chi connectivity index (χ3n) is 5.62. The van der Waals surface area contributed by atoms with Crippen molar-refractivity contribution in [2.24, 2.45) is 0 Å². The van der Waals surface area contributed by atoms with Gasteiger partial charge in [0.15, 0.2) is 0 Å². The van der Waals surface area contributed by atoms with Gasteiger partial charge < -0.3 is 14.6 Å². The average Bonchev–Trinajstić information content (AvgIpc) is 2.75. The molecule has 4 nitrogen and oxygen atoms in total. The zero-order valence-electron chi connectivity index (χ0n) is 17.4. The van der Waals surface area contributed by atoms with Crippen LogP contribution >= 0.6 is 0 Å². The summed E-state index contributed by atoms with van der Waals surface area (Å²) in [7, 11) is 0. The maximum atomic E-state index is 11.1. The minimum atomic E-state index is -0.916. The van der Waals surface area contributed by atoms with Crippen LogP contribution in [-0.2, 0) is 12.8 Å². The molecular formula is C26H26O4. The smallest absolute Gasteiger partial charge is 0.335 e. The summed E-state index contributed by atoms with van der Waals surface area (Å²) in [6.07, 6.45) is 2.76. The van der Waals surface area contributed by atoms with Gasteiger partial charge in [-0.3, -0.25) is 0 Å². The van der Waals surface area contributed by atoms with Gasteiger partial charge in [-0.15, -0.1) is 0 Å². The summed E-state index contributed by atoms with van der Waals surface area (Å²) in [6.45, 7) is 4.82. The lowest BCUT2D eigenvalue weighted by molar-refractivity contribution is 0.0654. The first-order valence-corrected chi connectivity index (χ1v) is 10.3. The molecule has 1 heterocycles. The van der Waals surface area contributed by atoms with E-state index in [-0.39, 0.29) is 11.2 Å². The van der Waals surface area contributed by atoms with Gasteiger partial charge in [-0.05, 0) is 79.3 Å². The Morgan fingerprint density at radius 3 is 2.40 bits per heavy atom. The number of aryl methyl sites for hydroxylation is 1. The molecule has 0 spiro atoms. The number of hydrogen-bond donors (Lipinski definition) is 1. The van der Waals surface area contributed by atoms with E-state index in [4.69, 9.17) is 14.6 Å². The van der Waals surface area contributed by atoms with E-state index in [0.717, 1.165) is 41.9 Å². The van der Waals surface area contributed by atoms with Crippen LogP contribution in [0.1, 0.15) is 41.8 Å². The molecule has 1 unspecified atom stereocenters. The molecule has 1 N–H and O–H groups in total. The van der Waals surface area contributed by atoms with E-state index in [1.54, 1.807) is 12.1 Å². The summed E-state index contributed by atoms with van der Waals surface area (Å²) in [5.41, 5.74) is 4.46. The molecule has 0 saturated heterocycles. The van der Waals surface area contributed by atoms with Crippen molar-refractivity contribution in [3.05, 3.63) is 83.4 Å². The van der Waals surface area contributed by atoms with Crippen molar-refractivity contribution < 1.29 is 19.4 Å². The molecule has 0 aromatic heterocycles. The maximum absolute atomic E-state index is 11.1. The normalized spacial score (nSPS) is 17.7. The number of benzene rings is 3. The topological polar surface area (TPSA) is 55.8 Å². The molecule has 30 heavy (non-hydrogen) atoms. The Balaban J connectivity index is 1.53. The van der Waals surface area contributed by atoms with Crippen LogP contribution in [0, 0.1) is 0 Å². The summed E-state index contributed by atoms with van der Waals surface area (Å²) in [4.78, 5) is 11.1. The molecule has 1 atom stereocenters. The highest BCUT2D eigenvalue weighted by Crippen LogP contribution is 2.38. The van der Waals surface area contributed by atoms with Crippen LogP contribution in [0.4, 0.5) is 0 Å². The van der Waals surface area contributed by atoms with Gasteiger partial charge in [0.2, 0.25) is 0 Å². The second-order valence-electron chi connectivity index (χ2n) is 8.01. The lowest BCUT2D eigenvalue weighted by Crippen LogP contribution is -2.38. The first kappa shape index (κ1) is 20.0. The number of rotatable bonds is 6. The van der Waals surface area contributed by atoms with Crippen molar-refractivity contribution in [3.63, 3.8) is 0 Å². The molecule has 4 rings (SSSR count). The van der Waals surface area contributed by atoms with Gasteiger partial charge in [-0.2, -0.15) is 0 Å². The number of aromatic carboxylic acids is 1. The number of ether oxygens (including phenoxy) is 2. The Bertz CT molecular complexity index is 1040. The van der Waals surface area contributed by atoms with Crippen LogP contribution in [0.25, 0.3) is 11.1 Å². The summed E-state index contributed by atoms with van der Waals surface area (Å²) in [6, 6.07) is 21.4. The fourth-order valence-corrected chi connectivity index (χ4v) is 3.98. The van der Waals surface area contributed by atoms with Crippen LogP contribution in [0.15, 0.2) is 66.7 Å². The Hall–Kier alpha value is -3.27. The zero-order valence-corrected chi connectivity index (χ0v) is 17.4. The SMILES string of the molecule is CCOc1ccc(CC2(C)CCc3ccc(-c4ccc(C(=O)O)cc4)cc3O2)cc1. The number of hydrogen-bond acceptors (Lipinski definition) is 3. The van der Waals surface area contributed by atoms with Gasteiger partial charge in [0.1, 0.15) is 17.1 Å². The molecule has 1 aliphatic rings. The van der Waals surface area contributed by atoms with E-state index >= 15 is 0 Å². The molecule has 3 aromatic carbocycles. The minimum Gasteiger partial charge on any atom is -0.494 e. The first-order valence-electron chi connectivity index (χ1n) is 10.3. The van der Waals surface area contributed by atoms with Crippen LogP contribution in [-0.4, -0.2) is 23.3 Å². The summed E-state index contributed by atoms with van der Waals surface area (Å²) >= 11 is 0. The molecule has 0 aliphatic carbocycles. The van der Waals surface area contributed by atoms with Gasteiger partial charge in [0.25, 0.3) is 0 Å². The molecule has 4 heteroatoms. The largest absolute Gasteiger partial charge is 0.494 e.